The summed E-state index contributed by atoms with van der Waals surface area (Å²) in [5, 5.41) is 11.3. The third kappa shape index (κ3) is 4.11. The molecule has 0 atom stereocenters. The van der Waals surface area contributed by atoms with E-state index in [1.165, 1.54) is 4.90 Å². The second-order valence-electron chi connectivity index (χ2n) is 7.58. The van der Waals surface area contributed by atoms with Crippen LogP contribution < -0.4 is 9.64 Å². The van der Waals surface area contributed by atoms with Crippen LogP contribution in [0.4, 0.5) is 10.6 Å². The van der Waals surface area contributed by atoms with Gasteiger partial charge in [0.05, 0.1) is 0 Å². The molecule has 1 fully saturated rings. The largest absolute Gasteiger partial charge is 0.490 e. The number of anilines is 1. The Morgan fingerprint density at radius 2 is 1.76 bits per heavy atom. The first-order valence-corrected chi connectivity index (χ1v) is 9.82. The number of pyridine rings is 1. The molecule has 1 aliphatic heterocycles. The van der Waals surface area contributed by atoms with Crippen molar-refractivity contribution in [2.45, 2.75) is 18.9 Å². The first-order valence-electron chi connectivity index (χ1n) is 9.82. The number of hydrogen-bond acceptors (Lipinski definition) is 4. The van der Waals surface area contributed by atoms with Gasteiger partial charge in [-0.25, -0.2) is 9.78 Å². The van der Waals surface area contributed by atoms with Crippen molar-refractivity contribution < 1.29 is 14.6 Å². The fourth-order valence-corrected chi connectivity index (χ4v) is 3.78. The number of hydrogen-bond donors (Lipinski definition) is 1. The number of amides is 1. The van der Waals surface area contributed by atoms with Crippen LogP contribution >= 0.6 is 0 Å². The van der Waals surface area contributed by atoms with Gasteiger partial charge in [0.2, 0.25) is 0 Å². The minimum atomic E-state index is -0.850. The van der Waals surface area contributed by atoms with Crippen molar-refractivity contribution in [1.82, 2.24) is 9.88 Å². The highest BCUT2D eigenvalue weighted by Crippen LogP contribution is 2.30. The van der Waals surface area contributed by atoms with E-state index in [1.807, 2.05) is 43.4 Å². The van der Waals surface area contributed by atoms with E-state index in [2.05, 4.69) is 35.3 Å². The van der Waals surface area contributed by atoms with Crippen LogP contribution in [0.5, 0.6) is 5.75 Å². The van der Waals surface area contributed by atoms with Crippen LogP contribution in [0.3, 0.4) is 0 Å². The molecular weight excluding hydrogens is 366 g/mol. The number of carboxylic acid groups (broad SMARTS) is 1. The summed E-state index contributed by atoms with van der Waals surface area (Å²) in [7, 11) is 4.00. The van der Waals surface area contributed by atoms with Gasteiger partial charge in [-0.15, -0.1) is 0 Å². The lowest BCUT2D eigenvalue weighted by atomic mass is 10.0. The maximum atomic E-state index is 11.0. The molecule has 4 rings (SSSR count). The number of benzene rings is 2. The Morgan fingerprint density at radius 1 is 1.07 bits per heavy atom. The lowest BCUT2D eigenvalue weighted by Crippen LogP contribution is -2.41. The topological polar surface area (TPSA) is 65.9 Å². The van der Waals surface area contributed by atoms with Crippen LogP contribution in [0.1, 0.15) is 12.8 Å². The number of nitrogens with zero attached hydrogens (tertiary/aromatic N) is 3. The minimum absolute atomic E-state index is 0.0640. The molecule has 1 aromatic heterocycles. The van der Waals surface area contributed by atoms with E-state index < -0.39 is 6.09 Å². The summed E-state index contributed by atoms with van der Waals surface area (Å²) < 4.78 is 6.05. The third-order valence-electron chi connectivity index (χ3n) is 5.37. The van der Waals surface area contributed by atoms with Gasteiger partial charge in [0.25, 0.3) is 0 Å². The predicted molar refractivity (Wildman–Crippen MR) is 115 cm³/mol. The highest BCUT2D eigenvalue weighted by atomic mass is 16.5. The van der Waals surface area contributed by atoms with Crippen LogP contribution in [0.25, 0.3) is 21.9 Å². The van der Waals surface area contributed by atoms with Gasteiger partial charge in [-0.1, -0.05) is 24.3 Å². The van der Waals surface area contributed by atoms with E-state index in [1.54, 1.807) is 0 Å². The molecule has 0 saturated carbocycles. The Bertz CT molecular complexity index is 1010. The number of piperidine rings is 1. The van der Waals surface area contributed by atoms with Gasteiger partial charge < -0.3 is 19.6 Å². The molecule has 1 amide bonds. The van der Waals surface area contributed by atoms with Crippen LogP contribution in [0.15, 0.2) is 54.7 Å². The molecule has 6 heteroatoms. The Balaban J connectivity index is 1.47. The molecule has 0 unspecified atom stereocenters. The van der Waals surface area contributed by atoms with Crippen molar-refractivity contribution in [2.24, 2.45) is 0 Å². The molecular formula is C23H25N3O3. The minimum Gasteiger partial charge on any atom is -0.490 e. The number of likely N-dealkylation sites (tertiary alicyclic amines) is 1. The van der Waals surface area contributed by atoms with Gasteiger partial charge in [-0.05, 0) is 40.8 Å². The zero-order valence-corrected chi connectivity index (χ0v) is 16.7. The number of rotatable bonds is 4. The standard InChI is InChI=1S/C23H25N3O3/c1-25(2)22-21-8-5-17(15-18(21)9-12-24-22)16-3-6-19(7-4-16)29-20-10-13-26(14-11-20)23(27)28/h3-9,12,15,20H,10-11,13-14H2,1-2H3,(H,27,28). The zero-order valence-electron chi connectivity index (χ0n) is 16.7. The van der Waals surface area contributed by atoms with Crippen molar-refractivity contribution in [3.05, 3.63) is 54.7 Å². The first kappa shape index (κ1) is 19.1. The normalized spacial score (nSPS) is 14.8. The lowest BCUT2D eigenvalue weighted by molar-refractivity contribution is 0.0895. The van der Waals surface area contributed by atoms with Crippen LogP contribution in [0.2, 0.25) is 0 Å². The van der Waals surface area contributed by atoms with Gasteiger partial charge in [-0.3, -0.25) is 0 Å². The monoisotopic (exact) mass is 391 g/mol. The lowest BCUT2D eigenvalue weighted by Gasteiger charge is -2.30. The first-order chi connectivity index (χ1) is 14.0. The molecule has 150 valence electrons. The molecule has 1 saturated heterocycles. The number of carbonyl (C=O) groups is 1. The van der Waals surface area contributed by atoms with Gasteiger partial charge in [0.15, 0.2) is 0 Å². The van der Waals surface area contributed by atoms with E-state index in [0.29, 0.717) is 13.1 Å². The summed E-state index contributed by atoms with van der Waals surface area (Å²) in [4.78, 5) is 18.9. The molecule has 29 heavy (non-hydrogen) atoms. The third-order valence-corrected chi connectivity index (χ3v) is 5.37. The zero-order chi connectivity index (χ0) is 20.4. The van der Waals surface area contributed by atoms with E-state index in [-0.39, 0.29) is 6.10 Å². The van der Waals surface area contributed by atoms with Gasteiger partial charge >= 0.3 is 6.09 Å². The summed E-state index contributed by atoms with van der Waals surface area (Å²) in [6.45, 7) is 1.05. The van der Waals surface area contributed by atoms with Crippen LogP contribution in [-0.4, -0.2) is 54.4 Å². The smallest absolute Gasteiger partial charge is 0.407 e. The maximum absolute atomic E-state index is 11.0. The number of ether oxygens (including phenoxy) is 1. The van der Waals surface area contributed by atoms with Gasteiger partial charge in [-0.2, -0.15) is 0 Å². The van der Waals surface area contributed by atoms with Crippen LogP contribution in [0, 0.1) is 0 Å². The van der Waals surface area contributed by atoms with Gasteiger partial charge in [0, 0.05) is 51.6 Å². The molecule has 2 heterocycles. The molecule has 1 aliphatic rings. The average molecular weight is 391 g/mol. The highest BCUT2D eigenvalue weighted by molar-refractivity contribution is 5.94. The molecule has 2 aromatic carbocycles. The Morgan fingerprint density at radius 3 is 2.41 bits per heavy atom. The van der Waals surface area contributed by atoms with E-state index in [0.717, 1.165) is 46.3 Å². The fourth-order valence-electron chi connectivity index (χ4n) is 3.78. The molecule has 0 bridgehead atoms. The fraction of sp³-hybridized carbons (Fsp3) is 0.304. The van der Waals surface area contributed by atoms with Crippen molar-refractivity contribution in [1.29, 1.82) is 0 Å². The molecule has 3 aromatic rings. The summed E-state index contributed by atoms with van der Waals surface area (Å²) in [5.41, 5.74) is 2.28. The summed E-state index contributed by atoms with van der Waals surface area (Å²) in [6.07, 6.45) is 2.50. The highest BCUT2D eigenvalue weighted by Gasteiger charge is 2.23. The molecule has 6 nitrogen and oxygen atoms in total. The maximum Gasteiger partial charge on any atom is 0.407 e. The second-order valence-corrected chi connectivity index (χ2v) is 7.58. The number of fused-ring (bicyclic) bond motifs is 1. The molecule has 0 spiro atoms. The van der Waals surface area contributed by atoms with Crippen molar-refractivity contribution in [2.75, 3.05) is 32.1 Å². The molecule has 0 radical (unpaired) electrons. The van der Waals surface area contributed by atoms with E-state index in [9.17, 15) is 4.79 Å². The summed E-state index contributed by atoms with van der Waals surface area (Å²) >= 11 is 0. The summed E-state index contributed by atoms with van der Waals surface area (Å²) in [5.74, 6) is 1.79. The second kappa shape index (κ2) is 7.99. The van der Waals surface area contributed by atoms with Crippen molar-refractivity contribution in [3.8, 4) is 16.9 Å². The van der Waals surface area contributed by atoms with Gasteiger partial charge in [0.1, 0.15) is 17.7 Å². The molecule has 1 N–H and O–H groups in total. The average Bonchev–Trinajstić information content (AvgIpc) is 2.73. The van der Waals surface area contributed by atoms with Crippen molar-refractivity contribution in [3.63, 3.8) is 0 Å². The van der Waals surface area contributed by atoms with Crippen LogP contribution in [-0.2, 0) is 0 Å². The van der Waals surface area contributed by atoms with Crippen molar-refractivity contribution >= 4 is 22.7 Å². The number of aromatic nitrogens is 1. The SMILES string of the molecule is CN(C)c1nccc2cc(-c3ccc(OC4CCN(C(=O)O)CC4)cc3)ccc12. The Labute approximate surface area is 170 Å². The molecule has 0 aliphatic carbocycles. The quantitative estimate of drug-likeness (QED) is 0.710. The Hall–Kier alpha value is -3.28. The summed E-state index contributed by atoms with van der Waals surface area (Å²) in [6, 6.07) is 16.6. The predicted octanol–water partition coefficient (Wildman–Crippen LogP) is 4.49. The van der Waals surface area contributed by atoms with E-state index in [4.69, 9.17) is 9.84 Å². The van der Waals surface area contributed by atoms with E-state index >= 15 is 0 Å². The Kier molecular flexibility index (Phi) is 5.25.